The number of likely N-dealkylation sites (N-methyl/N-ethyl adjacent to an activating group) is 1. The highest BCUT2D eigenvalue weighted by Gasteiger charge is 2.22. The van der Waals surface area contributed by atoms with Gasteiger partial charge in [0, 0.05) is 38.3 Å². The zero-order valence-electron chi connectivity index (χ0n) is 13.4. The van der Waals surface area contributed by atoms with Crippen molar-refractivity contribution in [3.63, 3.8) is 0 Å². The number of ether oxygens (including phenoxy) is 4. The SMILES string of the molecule is COc1cc(OC(=O)N2CCN(C)CC2)cc(OC)c1OC. The van der Waals surface area contributed by atoms with Crippen molar-refractivity contribution in [1.29, 1.82) is 0 Å². The Bertz CT molecular complexity index is 502. The van der Waals surface area contributed by atoms with Gasteiger partial charge in [0.25, 0.3) is 0 Å². The zero-order valence-corrected chi connectivity index (χ0v) is 13.4. The molecule has 0 bridgehead atoms. The van der Waals surface area contributed by atoms with Crippen molar-refractivity contribution in [2.24, 2.45) is 0 Å². The summed E-state index contributed by atoms with van der Waals surface area (Å²) >= 11 is 0. The number of benzene rings is 1. The van der Waals surface area contributed by atoms with Gasteiger partial charge in [-0.25, -0.2) is 4.79 Å². The second kappa shape index (κ2) is 7.22. The van der Waals surface area contributed by atoms with Crippen LogP contribution < -0.4 is 18.9 Å². The molecule has 0 N–H and O–H groups in total. The van der Waals surface area contributed by atoms with Gasteiger partial charge in [-0.3, -0.25) is 0 Å². The highest BCUT2D eigenvalue weighted by atomic mass is 16.6. The predicted octanol–water partition coefficient (Wildman–Crippen LogP) is 1.46. The van der Waals surface area contributed by atoms with Crippen molar-refractivity contribution < 1.29 is 23.7 Å². The smallest absolute Gasteiger partial charge is 0.415 e. The first-order valence-electron chi connectivity index (χ1n) is 7.04. The Hall–Kier alpha value is -2.15. The Balaban J connectivity index is 2.13. The third kappa shape index (κ3) is 3.54. The molecule has 2 rings (SSSR count). The minimum Gasteiger partial charge on any atom is -0.493 e. The minimum absolute atomic E-state index is 0.360. The maximum absolute atomic E-state index is 12.2. The van der Waals surface area contributed by atoms with Crippen LogP contribution in [-0.2, 0) is 0 Å². The normalized spacial score (nSPS) is 15.4. The quantitative estimate of drug-likeness (QED) is 0.839. The van der Waals surface area contributed by atoms with Crippen LogP contribution in [0.1, 0.15) is 0 Å². The van der Waals surface area contributed by atoms with E-state index >= 15 is 0 Å². The van der Waals surface area contributed by atoms with Gasteiger partial charge in [-0.2, -0.15) is 0 Å². The molecule has 0 aliphatic carbocycles. The van der Waals surface area contributed by atoms with Crippen molar-refractivity contribution in [2.75, 3.05) is 54.6 Å². The third-order valence-electron chi connectivity index (χ3n) is 3.60. The number of rotatable bonds is 4. The molecule has 1 fully saturated rings. The largest absolute Gasteiger partial charge is 0.493 e. The summed E-state index contributed by atoms with van der Waals surface area (Å²) in [7, 11) is 6.59. The van der Waals surface area contributed by atoms with Crippen LogP contribution in [0.3, 0.4) is 0 Å². The van der Waals surface area contributed by atoms with Gasteiger partial charge in [0.2, 0.25) is 5.75 Å². The molecule has 22 heavy (non-hydrogen) atoms. The maximum atomic E-state index is 12.2. The first kappa shape index (κ1) is 16.2. The topological polar surface area (TPSA) is 60.5 Å². The Morgan fingerprint density at radius 2 is 1.50 bits per heavy atom. The van der Waals surface area contributed by atoms with E-state index in [4.69, 9.17) is 18.9 Å². The van der Waals surface area contributed by atoms with Gasteiger partial charge < -0.3 is 28.7 Å². The van der Waals surface area contributed by atoms with E-state index < -0.39 is 0 Å². The second-order valence-corrected chi connectivity index (χ2v) is 5.02. The summed E-state index contributed by atoms with van der Waals surface area (Å²) in [4.78, 5) is 16.1. The van der Waals surface area contributed by atoms with Crippen LogP contribution in [0.5, 0.6) is 23.0 Å². The molecule has 1 saturated heterocycles. The third-order valence-corrected chi connectivity index (χ3v) is 3.60. The van der Waals surface area contributed by atoms with Crippen LogP contribution in [0.4, 0.5) is 4.79 Å². The van der Waals surface area contributed by atoms with E-state index in [-0.39, 0.29) is 6.09 Å². The number of hydrogen-bond donors (Lipinski definition) is 0. The lowest BCUT2D eigenvalue weighted by Crippen LogP contribution is -2.48. The lowest BCUT2D eigenvalue weighted by atomic mass is 10.2. The van der Waals surface area contributed by atoms with Crippen molar-refractivity contribution >= 4 is 6.09 Å². The van der Waals surface area contributed by atoms with Crippen LogP contribution in [-0.4, -0.2) is 70.4 Å². The van der Waals surface area contributed by atoms with Crippen molar-refractivity contribution in [1.82, 2.24) is 9.80 Å². The lowest BCUT2D eigenvalue weighted by molar-refractivity contribution is 0.120. The van der Waals surface area contributed by atoms with Gasteiger partial charge in [0.15, 0.2) is 11.5 Å². The fourth-order valence-electron chi connectivity index (χ4n) is 2.27. The van der Waals surface area contributed by atoms with Crippen LogP contribution in [0.2, 0.25) is 0 Å². The van der Waals surface area contributed by atoms with E-state index in [1.165, 1.54) is 21.3 Å². The van der Waals surface area contributed by atoms with Crippen LogP contribution in [0, 0.1) is 0 Å². The maximum Gasteiger partial charge on any atom is 0.415 e. The molecule has 0 spiro atoms. The summed E-state index contributed by atoms with van der Waals surface area (Å²) in [5.41, 5.74) is 0. The van der Waals surface area contributed by atoms with E-state index in [2.05, 4.69) is 4.90 Å². The summed E-state index contributed by atoms with van der Waals surface area (Å²) in [6, 6.07) is 3.21. The van der Waals surface area contributed by atoms with Crippen LogP contribution in [0.25, 0.3) is 0 Å². The summed E-state index contributed by atoms with van der Waals surface area (Å²) < 4.78 is 21.2. The Kier molecular flexibility index (Phi) is 5.32. The monoisotopic (exact) mass is 310 g/mol. The van der Waals surface area contributed by atoms with E-state index in [1.54, 1.807) is 17.0 Å². The van der Waals surface area contributed by atoms with Crippen LogP contribution in [0.15, 0.2) is 12.1 Å². The zero-order chi connectivity index (χ0) is 16.1. The second-order valence-electron chi connectivity index (χ2n) is 5.02. The van der Waals surface area contributed by atoms with Crippen molar-refractivity contribution in [3.8, 4) is 23.0 Å². The number of carbonyl (C=O) groups excluding carboxylic acids is 1. The molecule has 1 aromatic carbocycles. The Morgan fingerprint density at radius 1 is 0.955 bits per heavy atom. The molecule has 0 radical (unpaired) electrons. The molecule has 7 heteroatoms. The molecule has 1 aliphatic heterocycles. The first-order valence-corrected chi connectivity index (χ1v) is 7.04. The van der Waals surface area contributed by atoms with Gasteiger partial charge >= 0.3 is 6.09 Å². The van der Waals surface area contributed by atoms with E-state index in [1.807, 2.05) is 7.05 Å². The molecule has 7 nitrogen and oxygen atoms in total. The summed E-state index contributed by atoms with van der Waals surface area (Å²) in [5.74, 6) is 1.72. The number of carbonyl (C=O) groups is 1. The molecule has 0 saturated carbocycles. The van der Waals surface area contributed by atoms with Crippen molar-refractivity contribution in [3.05, 3.63) is 12.1 Å². The molecule has 122 valence electrons. The first-order chi connectivity index (χ1) is 10.6. The summed E-state index contributed by atoms with van der Waals surface area (Å²) in [6.07, 6.45) is -0.373. The van der Waals surface area contributed by atoms with E-state index in [9.17, 15) is 4.79 Å². The number of nitrogens with zero attached hydrogens (tertiary/aromatic N) is 2. The van der Waals surface area contributed by atoms with Gasteiger partial charge in [-0.05, 0) is 7.05 Å². The van der Waals surface area contributed by atoms with E-state index in [0.717, 1.165) is 13.1 Å². The molecule has 0 aromatic heterocycles. The molecule has 0 atom stereocenters. The fraction of sp³-hybridized carbons (Fsp3) is 0.533. The minimum atomic E-state index is -0.373. The highest BCUT2D eigenvalue weighted by molar-refractivity contribution is 5.72. The highest BCUT2D eigenvalue weighted by Crippen LogP contribution is 2.40. The van der Waals surface area contributed by atoms with Crippen LogP contribution >= 0.6 is 0 Å². The Labute approximate surface area is 130 Å². The standard InChI is InChI=1S/C15H22N2O5/c1-16-5-7-17(8-6-16)15(18)22-11-9-12(19-2)14(21-4)13(10-11)20-3/h9-10H,5-8H2,1-4H3. The number of hydrogen-bond acceptors (Lipinski definition) is 6. The van der Waals surface area contributed by atoms with Gasteiger partial charge in [-0.1, -0.05) is 0 Å². The van der Waals surface area contributed by atoms with Gasteiger partial charge in [0.1, 0.15) is 5.75 Å². The predicted molar refractivity (Wildman–Crippen MR) is 81.2 cm³/mol. The van der Waals surface area contributed by atoms with Crippen molar-refractivity contribution in [2.45, 2.75) is 0 Å². The number of amides is 1. The molecule has 1 aliphatic rings. The fourth-order valence-corrected chi connectivity index (χ4v) is 2.27. The number of methoxy groups -OCH3 is 3. The average Bonchev–Trinajstić information content (AvgIpc) is 2.54. The molecule has 0 unspecified atom stereocenters. The lowest BCUT2D eigenvalue weighted by Gasteiger charge is -2.31. The number of piperazine rings is 1. The molecular formula is C15H22N2O5. The van der Waals surface area contributed by atoms with E-state index in [0.29, 0.717) is 36.1 Å². The van der Waals surface area contributed by atoms with Gasteiger partial charge in [-0.15, -0.1) is 0 Å². The molecule has 1 amide bonds. The van der Waals surface area contributed by atoms with Gasteiger partial charge in [0.05, 0.1) is 21.3 Å². The summed E-state index contributed by atoms with van der Waals surface area (Å²) in [6.45, 7) is 2.98. The Morgan fingerprint density at radius 3 is 1.95 bits per heavy atom. The average molecular weight is 310 g/mol. The molecular weight excluding hydrogens is 288 g/mol. The summed E-state index contributed by atoms with van der Waals surface area (Å²) in [5, 5.41) is 0. The molecule has 1 aromatic rings. The molecule has 1 heterocycles.